The number of hydrogen-bond donors (Lipinski definition) is 1. The third-order valence-electron chi connectivity index (χ3n) is 1.75. The molecule has 5 nitrogen and oxygen atoms in total. The summed E-state index contributed by atoms with van der Waals surface area (Å²) in [6.07, 6.45) is 0.0602. The van der Waals surface area contributed by atoms with Crippen LogP contribution in [-0.2, 0) is 9.59 Å². The Kier molecular flexibility index (Phi) is 2.09. The van der Waals surface area contributed by atoms with Crippen LogP contribution in [0.1, 0.15) is 6.42 Å². The number of carbonyl (C=O) groups is 2. The molecule has 0 bridgehead atoms. The van der Waals surface area contributed by atoms with E-state index in [1.54, 1.807) is 0 Å². The average molecular weight is 157 g/mol. The predicted octanol–water partition coefficient (Wildman–Crippen LogP) is -3.54. The van der Waals surface area contributed by atoms with Gasteiger partial charge < -0.3 is 25.1 Å². The molecule has 1 saturated heterocycles. The van der Waals surface area contributed by atoms with E-state index in [1.165, 1.54) is 0 Å². The van der Waals surface area contributed by atoms with Gasteiger partial charge in [-0.05, 0) is 6.42 Å². The van der Waals surface area contributed by atoms with E-state index in [0.717, 1.165) is 0 Å². The Balaban J connectivity index is 2.47. The van der Waals surface area contributed by atoms with Crippen LogP contribution < -0.4 is 15.5 Å². The van der Waals surface area contributed by atoms with Crippen LogP contribution in [0.2, 0.25) is 0 Å². The van der Waals surface area contributed by atoms with Crippen molar-refractivity contribution in [3.8, 4) is 0 Å². The smallest absolute Gasteiger partial charge is 0.0584 e. The highest BCUT2D eigenvalue weighted by Crippen LogP contribution is 2.11. The highest BCUT2D eigenvalue weighted by molar-refractivity contribution is 5.75. The van der Waals surface area contributed by atoms with Gasteiger partial charge in [0.05, 0.1) is 5.97 Å². The van der Waals surface area contributed by atoms with Crippen LogP contribution in [0.4, 0.5) is 0 Å². The SMILES string of the molecule is O=C([O-])C1CNC(C(=O)[O-])C1. The van der Waals surface area contributed by atoms with Gasteiger partial charge in [-0.2, -0.15) is 0 Å². The maximum absolute atomic E-state index is 10.2. The van der Waals surface area contributed by atoms with Crippen LogP contribution in [0.25, 0.3) is 0 Å². The molecule has 62 valence electrons. The number of rotatable bonds is 2. The number of aliphatic carboxylic acids is 2. The summed E-state index contributed by atoms with van der Waals surface area (Å²) in [7, 11) is 0. The molecule has 1 rings (SSSR count). The minimum absolute atomic E-state index is 0.0602. The van der Waals surface area contributed by atoms with Crippen molar-refractivity contribution in [2.45, 2.75) is 12.5 Å². The van der Waals surface area contributed by atoms with Crippen LogP contribution in [0.15, 0.2) is 0 Å². The normalized spacial score (nSPS) is 30.2. The zero-order chi connectivity index (χ0) is 8.43. The Hall–Kier alpha value is -1.10. The first kappa shape index (κ1) is 8.00. The molecular formula is C6H7NO4-2. The maximum Gasteiger partial charge on any atom is 0.0584 e. The van der Waals surface area contributed by atoms with Crippen molar-refractivity contribution >= 4 is 11.9 Å². The zero-order valence-electron chi connectivity index (χ0n) is 5.70. The molecule has 0 aliphatic carbocycles. The van der Waals surface area contributed by atoms with E-state index in [-0.39, 0.29) is 13.0 Å². The molecule has 1 N–H and O–H groups in total. The lowest BCUT2D eigenvalue weighted by Gasteiger charge is -2.11. The monoisotopic (exact) mass is 157 g/mol. The molecule has 1 aliphatic heterocycles. The minimum atomic E-state index is -1.26. The lowest BCUT2D eigenvalue weighted by molar-refractivity contribution is -0.311. The van der Waals surface area contributed by atoms with Gasteiger partial charge in [0.15, 0.2) is 0 Å². The summed E-state index contributed by atoms with van der Waals surface area (Å²) < 4.78 is 0. The molecule has 11 heavy (non-hydrogen) atoms. The number of carbonyl (C=O) groups excluding carboxylic acids is 2. The molecular weight excluding hydrogens is 150 g/mol. The van der Waals surface area contributed by atoms with Crippen molar-refractivity contribution in [3.05, 3.63) is 0 Å². The van der Waals surface area contributed by atoms with Gasteiger partial charge in [-0.15, -0.1) is 0 Å². The first-order valence-electron chi connectivity index (χ1n) is 3.26. The molecule has 2 atom stereocenters. The topological polar surface area (TPSA) is 92.3 Å². The molecule has 0 saturated carbocycles. The van der Waals surface area contributed by atoms with Crippen molar-refractivity contribution in [1.29, 1.82) is 0 Å². The van der Waals surface area contributed by atoms with Gasteiger partial charge >= 0.3 is 0 Å². The van der Waals surface area contributed by atoms with E-state index in [9.17, 15) is 19.8 Å². The summed E-state index contributed by atoms with van der Waals surface area (Å²) in [5, 5.41) is 22.9. The van der Waals surface area contributed by atoms with Crippen LogP contribution in [0, 0.1) is 5.92 Å². The summed E-state index contributed by atoms with van der Waals surface area (Å²) in [5.41, 5.74) is 0. The number of carboxylic acids is 2. The lowest BCUT2D eigenvalue weighted by atomic mass is 10.1. The van der Waals surface area contributed by atoms with Crippen molar-refractivity contribution in [2.75, 3.05) is 6.54 Å². The van der Waals surface area contributed by atoms with E-state index in [2.05, 4.69) is 5.32 Å². The van der Waals surface area contributed by atoms with Crippen LogP contribution >= 0.6 is 0 Å². The van der Waals surface area contributed by atoms with Gasteiger partial charge in [0.25, 0.3) is 0 Å². The third-order valence-corrected chi connectivity index (χ3v) is 1.75. The summed E-state index contributed by atoms with van der Waals surface area (Å²) in [4.78, 5) is 20.4. The first-order chi connectivity index (χ1) is 5.11. The Morgan fingerprint density at radius 2 is 1.91 bits per heavy atom. The van der Waals surface area contributed by atoms with Gasteiger partial charge in [-0.1, -0.05) is 0 Å². The Bertz CT molecular complexity index is 171. The van der Waals surface area contributed by atoms with Crippen LogP contribution in [0.3, 0.4) is 0 Å². The van der Waals surface area contributed by atoms with Gasteiger partial charge in [-0.3, -0.25) is 0 Å². The molecule has 1 fully saturated rings. The molecule has 5 heteroatoms. The zero-order valence-corrected chi connectivity index (χ0v) is 5.70. The Morgan fingerprint density at radius 1 is 1.27 bits per heavy atom. The molecule has 1 heterocycles. The second-order valence-corrected chi connectivity index (χ2v) is 2.53. The largest absolute Gasteiger partial charge is 0.550 e. The van der Waals surface area contributed by atoms with Gasteiger partial charge in [0, 0.05) is 24.5 Å². The van der Waals surface area contributed by atoms with Gasteiger partial charge in [-0.25, -0.2) is 0 Å². The van der Waals surface area contributed by atoms with Gasteiger partial charge in [0.2, 0.25) is 0 Å². The molecule has 0 aromatic rings. The van der Waals surface area contributed by atoms with Crippen molar-refractivity contribution in [3.63, 3.8) is 0 Å². The van der Waals surface area contributed by atoms with Gasteiger partial charge in [0.1, 0.15) is 0 Å². The van der Waals surface area contributed by atoms with E-state index in [4.69, 9.17) is 0 Å². The molecule has 0 spiro atoms. The Labute approximate surface area is 63.0 Å². The standard InChI is InChI=1S/C6H9NO4/c8-5(9)3-1-4(6(10)11)7-2-3/h3-4,7H,1-2H2,(H,8,9)(H,10,11)/p-2. The molecule has 0 aromatic heterocycles. The highest BCUT2D eigenvalue weighted by atomic mass is 16.4. The van der Waals surface area contributed by atoms with E-state index >= 15 is 0 Å². The molecule has 2 unspecified atom stereocenters. The predicted molar refractivity (Wildman–Crippen MR) is 29.9 cm³/mol. The van der Waals surface area contributed by atoms with Crippen molar-refractivity contribution in [1.82, 2.24) is 5.32 Å². The fourth-order valence-electron chi connectivity index (χ4n) is 1.09. The highest BCUT2D eigenvalue weighted by Gasteiger charge is 2.25. The molecule has 0 amide bonds. The van der Waals surface area contributed by atoms with Crippen molar-refractivity contribution in [2.24, 2.45) is 5.92 Å². The molecule has 0 aromatic carbocycles. The van der Waals surface area contributed by atoms with E-state index in [0.29, 0.717) is 0 Å². The average Bonchev–Trinajstić information content (AvgIpc) is 2.33. The second kappa shape index (κ2) is 2.87. The fourth-order valence-corrected chi connectivity index (χ4v) is 1.09. The number of hydrogen-bond acceptors (Lipinski definition) is 5. The summed E-state index contributed by atoms with van der Waals surface area (Å²) >= 11 is 0. The summed E-state index contributed by atoms with van der Waals surface area (Å²) in [6.45, 7) is 0.154. The van der Waals surface area contributed by atoms with E-state index < -0.39 is 23.9 Å². The third kappa shape index (κ3) is 1.68. The second-order valence-electron chi connectivity index (χ2n) is 2.53. The summed E-state index contributed by atoms with van der Waals surface area (Å²) in [5.74, 6) is -3.16. The summed E-state index contributed by atoms with van der Waals surface area (Å²) in [6, 6.07) is -0.835. The first-order valence-corrected chi connectivity index (χ1v) is 3.26. The maximum atomic E-state index is 10.2. The van der Waals surface area contributed by atoms with Crippen LogP contribution in [-0.4, -0.2) is 24.5 Å². The molecule has 1 aliphatic rings. The Morgan fingerprint density at radius 3 is 2.18 bits per heavy atom. The fraction of sp³-hybridized carbons (Fsp3) is 0.667. The van der Waals surface area contributed by atoms with E-state index in [1.807, 2.05) is 0 Å². The number of nitrogens with one attached hydrogen (secondary N) is 1. The van der Waals surface area contributed by atoms with Crippen molar-refractivity contribution < 1.29 is 19.8 Å². The van der Waals surface area contributed by atoms with Crippen LogP contribution in [0.5, 0.6) is 0 Å². The minimum Gasteiger partial charge on any atom is -0.550 e. The lowest BCUT2D eigenvalue weighted by Crippen LogP contribution is -2.41. The quantitative estimate of drug-likeness (QED) is 0.448. The molecule has 0 radical (unpaired) electrons. The number of carboxylic acid groups (broad SMARTS) is 2.